The molecule has 2 aliphatic heterocycles. The van der Waals surface area contributed by atoms with Crippen LogP contribution in [0.3, 0.4) is 0 Å². The van der Waals surface area contributed by atoms with E-state index in [2.05, 4.69) is 26.3 Å². The SMILES string of the molecule is c1nc(C[C@@H]2CCCNC2)cc(N2CCCC2)n1. The standard InChI is InChI=1S/C14H22N4/c1-2-7-18(6-1)14-9-13(16-11-17-14)8-12-4-3-5-15-10-12/h9,11-12,15H,1-8,10H2/t12-/m0/s1. The van der Waals surface area contributed by atoms with Crippen LogP contribution in [0.4, 0.5) is 5.82 Å². The number of aromatic nitrogens is 2. The van der Waals surface area contributed by atoms with Gasteiger partial charge in [0.15, 0.2) is 0 Å². The summed E-state index contributed by atoms with van der Waals surface area (Å²) in [5, 5.41) is 3.47. The lowest BCUT2D eigenvalue weighted by Gasteiger charge is -2.23. The number of piperidine rings is 1. The Morgan fingerprint density at radius 2 is 2.11 bits per heavy atom. The minimum absolute atomic E-state index is 0.750. The molecule has 1 N–H and O–H groups in total. The summed E-state index contributed by atoms with van der Waals surface area (Å²) in [6.45, 7) is 4.63. The van der Waals surface area contributed by atoms with Crippen molar-refractivity contribution >= 4 is 5.82 Å². The molecule has 3 rings (SSSR count). The molecule has 0 aromatic carbocycles. The molecule has 1 aromatic rings. The second-order valence-electron chi connectivity index (χ2n) is 5.48. The molecule has 0 amide bonds. The van der Waals surface area contributed by atoms with Crippen LogP contribution < -0.4 is 10.2 Å². The van der Waals surface area contributed by atoms with Gasteiger partial charge in [-0.15, -0.1) is 0 Å². The highest BCUT2D eigenvalue weighted by molar-refractivity contribution is 5.39. The van der Waals surface area contributed by atoms with Gasteiger partial charge in [-0.25, -0.2) is 9.97 Å². The van der Waals surface area contributed by atoms with E-state index in [1.807, 2.05) is 0 Å². The van der Waals surface area contributed by atoms with Gasteiger partial charge in [-0.3, -0.25) is 0 Å². The van der Waals surface area contributed by atoms with Crippen molar-refractivity contribution < 1.29 is 0 Å². The molecule has 4 heteroatoms. The van der Waals surface area contributed by atoms with Crippen LogP contribution >= 0.6 is 0 Å². The summed E-state index contributed by atoms with van der Waals surface area (Å²) in [7, 11) is 0. The fourth-order valence-electron chi connectivity index (χ4n) is 3.01. The summed E-state index contributed by atoms with van der Waals surface area (Å²) >= 11 is 0. The number of hydrogen-bond acceptors (Lipinski definition) is 4. The van der Waals surface area contributed by atoms with Gasteiger partial charge in [0.25, 0.3) is 0 Å². The third kappa shape index (κ3) is 2.80. The number of nitrogens with one attached hydrogen (secondary N) is 1. The summed E-state index contributed by atoms with van der Waals surface area (Å²) < 4.78 is 0. The second kappa shape index (κ2) is 5.65. The smallest absolute Gasteiger partial charge is 0.132 e. The zero-order valence-corrected chi connectivity index (χ0v) is 10.9. The van der Waals surface area contributed by atoms with Gasteiger partial charge in [-0.1, -0.05) is 0 Å². The van der Waals surface area contributed by atoms with Crippen LogP contribution in [0.25, 0.3) is 0 Å². The lowest BCUT2D eigenvalue weighted by atomic mass is 9.94. The number of nitrogens with zero attached hydrogens (tertiary/aromatic N) is 3. The molecule has 2 aliphatic rings. The molecule has 1 atom stereocenters. The van der Waals surface area contributed by atoms with Gasteiger partial charge >= 0.3 is 0 Å². The first kappa shape index (κ1) is 11.9. The maximum absolute atomic E-state index is 4.44. The lowest BCUT2D eigenvalue weighted by molar-refractivity contribution is 0.373. The van der Waals surface area contributed by atoms with E-state index in [9.17, 15) is 0 Å². The predicted octanol–water partition coefficient (Wildman–Crippen LogP) is 1.62. The Labute approximate surface area is 109 Å². The summed E-state index contributed by atoms with van der Waals surface area (Å²) in [5.74, 6) is 1.88. The summed E-state index contributed by atoms with van der Waals surface area (Å²) in [5.41, 5.74) is 1.21. The van der Waals surface area contributed by atoms with Crippen LogP contribution in [0.2, 0.25) is 0 Å². The molecule has 0 spiro atoms. The molecular formula is C14H22N4. The third-order valence-electron chi connectivity index (χ3n) is 4.04. The molecule has 3 heterocycles. The zero-order valence-electron chi connectivity index (χ0n) is 10.9. The molecule has 18 heavy (non-hydrogen) atoms. The summed E-state index contributed by atoms with van der Waals surface area (Å²) in [4.78, 5) is 11.2. The van der Waals surface area contributed by atoms with Gasteiger partial charge in [-0.2, -0.15) is 0 Å². The quantitative estimate of drug-likeness (QED) is 0.880. The minimum Gasteiger partial charge on any atom is -0.357 e. The minimum atomic E-state index is 0.750. The van der Waals surface area contributed by atoms with E-state index in [1.54, 1.807) is 6.33 Å². The van der Waals surface area contributed by atoms with Crippen LogP contribution in [0.5, 0.6) is 0 Å². The highest BCUT2D eigenvalue weighted by Gasteiger charge is 2.17. The predicted molar refractivity (Wildman–Crippen MR) is 72.8 cm³/mol. The van der Waals surface area contributed by atoms with Crippen LogP contribution in [0.15, 0.2) is 12.4 Å². The Morgan fingerprint density at radius 1 is 1.22 bits per heavy atom. The summed E-state index contributed by atoms with van der Waals surface area (Å²) in [6.07, 6.45) is 8.05. The Balaban J connectivity index is 1.66. The highest BCUT2D eigenvalue weighted by Crippen LogP contribution is 2.20. The van der Waals surface area contributed by atoms with E-state index in [-0.39, 0.29) is 0 Å². The third-order valence-corrected chi connectivity index (χ3v) is 4.04. The molecule has 0 unspecified atom stereocenters. The van der Waals surface area contributed by atoms with E-state index < -0.39 is 0 Å². The van der Waals surface area contributed by atoms with Crippen molar-refractivity contribution in [1.29, 1.82) is 0 Å². The number of anilines is 1. The molecule has 0 aliphatic carbocycles. The molecule has 1 aromatic heterocycles. The normalized spacial score (nSPS) is 24.4. The molecule has 0 bridgehead atoms. The molecule has 2 fully saturated rings. The maximum atomic E-state index is 4.44. The lowest BCUT2D eigenvalue weighted by Crippen LogP contribution is -2.31. The van der Waals surface area contributed by atoms with Crippen LogP contribution in [0, 0.1) is 5.92 Å². The van der Waals surface area contributed by atoms with Crippen molar-refractivity contribution in [3.8, 4) is 0 Å². The molecule has 2 saturated heterocycles. The average molecular weight is 246 g/mol. The molecule has 0 saturated carbocycles. The summed E-state index contributed by atoms with van der Waals surface area (Å²) in [6, 6.07) is 2.19. The van der Waals surface area contributed by atoms with Crippen LogP contribution in [0.1, 0.15) is 31.4 Å². The zero-order chi connectivity index (χ0) is 12.2. The first-order chi connectivity index (χ1) is 8.92. The first-order valence-corrected chi connectivity index (χ1v) is 7.18. The van der Waals surface area contributed by atoms with Crippen LogP contribution in [-0.4, -0.2) is 36.1 Å². The van der Waals surface area contributed by atoms with Crippen molar-refractivity contribution in [3.05, 3.63) is 18.1 Å². The molecule has 4 nitrogen and oxygen atoms in total. The number of hydrogen-bond donors (Lipinski definition) is 1. The molecule has 0 radical (unpaired) electrons. The van der Waals surface area contributed by atoms with Gasteiger partial charge < -0.3 is 10.2 Å². The molecule has 98 valence electrons. The van der Waals surface area contributed by atoms with Crippen LogP contribution in [-0.2, 0) is 6.42 Å². The number of rotatable bonds is 3. The van der Waals surface area contributed by atoms with Crippen molar-refractivity contribution in [3.63, 3.8) is 0 Å². The van der Waals surface area contributed by atoms with Gasteiger partial charge in [0.2, 0.25) is 0 Å². The highest BCUT2D eigenvalue weighted by atomic mass is 15.2. The van der Waals surface area contributed by atoms with E-state index in [0.717, 1.165) is 37.8 Å². The van der Waals surface area contributed by atoms with Gasteiger partial charge in [-0.05, 0) is 51.1 Å². The van der Waals surface area contributed by atoms with Crippen molar-refractivity contribution in [2.24, 2.45) is 5.92 Å². The largest absolute Gasteiger partial charge is 0.357 e. The maximum Gasteiger partial charge on any atom is 0.132 e. The Morgan fingerprint density at radius 3 is 2.89 bits per heavy atom. The Bertz CT molecular complexity index is 381. The van der Waals surface area contributed by atoms with Gasteiger partial charge in [0.1, 0.15) is 12.1 Å². The van der Waals surface area contributed by atoms with E-state index in [4.69, 9.17) is 0 Å². The van der Waals surface area contributed by atoms with Gasteiger partial charge in [0, 0.05) is 24.8 Å². The van der Waals surface area contributed by atoms with E-state index in [1.165, 1.54) is 37.9 Å². The monoisotopic (exact) mass is 246 g/mol. The Hall–Kier alpha value is -1.16. The first-order valence-electron chi connectivity index (χ1n) is 7.18. The Kier molecular flexibility index (Phi) is 3.74. The van der Waals surface area contributed by atoms with Gasteiger partial charge in [0.05, 0.1) is 0 Å². The van der Waals surface area contributed by atoms with Crippen molar-refractivity contribution in [2.75, 3.05) is 31.1 Å². The average Bonchev–Trinajstić information content (AvgIpc) is 2.94. The molecular weight excluding hydrogens is 224 g/mol. The fraction of sp³-hybridized carbons (Fsp3) is 0.714. The van der Waals surface area contributed by atoms with Crippen molar-refractivity contribution in [1.82, 2.24) is 15.3 Å². The topological polar surface area (TPSA) is 41.1 Å². The van der Waals surface area contributed by atoms with Crippen molar-refractivity contribution in [2.45, 2.75) is 32.1 Å². The van der Waals surface area contributed by atoms with E-state index >= 15 is 0 Å². The second-order valence-corrected chi connectivity index (χ2v) is 5.48. The fourth-order valence-corrected chi connectivity index (χ4v) is 3.01. The van der Waals surface area contributed by atoms with E-state index in [0.29, 0.717) is 0 Å².